The van der Waals surface area contributed by atoms with Gasteiger partial charge in [-0.2, -0.15) is 0 Å². The molecule has 0 saturated heterocycles. The Labute approximate surface area is 108 Å². The summed E-state index contributed by atoms with van der Waals surface area (Å²) in [7, 11) is 1.06. The summed E-state index contributed by atoms with van der Waals surface area (Å²) in [6, 6.07) is 10.5. The maximum absolute atomic E-state index is 6.02. The van der Waals surface area contributed by atoms with E-state index < -0.39 is 0 Å². The molecular weight excluding hydrogens is 227 g/mol. The zero-order chi connectivity index (χ0) is 12.3. The summed E-state index contributed by atoms with van der Waals surface area (Å²) in [5.74, 6) is 0. The highest BCUT2D eigenvalue weighted by molar-refractivity contribution is 7.38. The average Bonchev–Trinajstić information content (AvgIpc) is 2.37. The van der Waals surface area contributed by atoms with Crippen LogP contribution in [0.1, 0.15) is 38.7 Å². The van der Waals surface area contributed by atoms with Crippen molar-refractivity contribution in [1.82, 2.24) is 0 Å². The van der Waals surface area contributed by atoms with Gasteiger partial charge >= 0.3 is 0 Å². The molecule has 1 aromatic carbocycles. The molecule has 0 aliphatic heterocycles. The van der Waals surface area contributed by atoms with Crippen LogP contribution in [0.5, 0.6) is 0 Å². The molecule has 96 valence electrons. The van der Waals surface area contributed by atoms with Gasteiger partial charge in [0.1, 0.15) is 0 Å². The molecule has 0 bridgehead atoms. The topological polar surface area (TPSA) is 9.23 Å². The van der Waals surface area contributed by atoms with Gasteiger partial charge in [0.05, 0.1) is 12.7 Å². The van der Waals surface area contributed by atoms with Crippen molar-refractivity contribution in [1.29, 1.82) is 0 Å². The highest BCUT2D eigenvalue weighted by Crippen LogP contribution is 2.18. The number of ether oxygens (including phenoxy) is 1. The molecule has 0 N–H and O–H groups in total. The summed E-state index contributed by atoms with van der Waals surface area (Å²) in [4.78, 5) is 0. The van der Waals surface area contributed by atoms with Gasteiger partial charge in [0.25, 0.3) is 0 Å². The Morgan fingerprint density at radius 1 is 1.12 bits per heavy atom. The summed E-state index contributed by atoms with van der Waals surface area (Å²) >= 11 is 0. The fourth-order valence-electron chi connectivity index (χ4n) is 1.79. The van der Waals surface area contributed by atoms with Crippen molar-refractivity contribution in [3.63, 3.8) is 0 Å². The summed E-state index contributed by atoms with van der Waals surface area (Å²) in [5, 5.41) is 0. The zero-order valence-electron chi connectivity index (χ0n) is 11.1. The summed E-state index contributed by atoms with van der Waals surface area (Å²) in [6.45, 7) is 5.26. The van der Waals surface area contributed by atoms with Crippen molar-refractivity contribution in [2.45, 2.75) is 45.8 Å². The number of rotatable bonds is 9. The fraction of sp³-hybridized carbons (Fsp3) is 0.600. The SMILES string of the molecule is CCCPC[C@@H](CCC)OCc1ccccc1. The molecule has 1 aromatic rings. The first-order valence-electron chi connectivity index (χ1n) is 6.73. The molecule has 0 heterocycles. The Kier molecular flexibility index (Phi) is 8.30. The third-order valence-electron chi connectivity index (χ3n) is 2.74. The van der Waals surface area contributed by atoms with Gasteiger partial charge in [0.2, 0.25) is 0 Å². The molecule has 0 radical (unpaired) electrons. The molecule has 0 spiro atoms. The van der Waals surface area contributed by atoms with Gasteiger partial charge in [0.15, 0.2) is 0 Å². The Balaban J connectivity index is 2.28. The second-order valence-corrected chi connectivity index (χ2v) is 5.82. The Morgan fingerprint density at radius 3 is 2.53 bits per heavy atom. The number of benzene rings is 1. The van der Waals surface area contributed by atoms with Crippen LogP contribution in [0, 0.1) is 0 Å². The van der Waals surface area contributed by atoms with Crippen LogP contribution in [0.3, 0.4) is 0 Å². The van der Waals surface area contributed by atoms with Crippen LogP contribution in [-0.2, 0) is 11.3 Å². The summed E-state index contributed by atoms with van der Waals surface area (Å²) < 4.78 is 6.02. The van der Waals surface area contributed by atoms with Gasteiger partial charge < -0.3 is 4.74 Å². The van der Waals surface area contributed by atoms with Crippen LogP contribution in [0.25, 0.3) is 0 Å². The highest BCUT2D eigenvalue weighted by atomic mass is 31.1. The normalized spacial score (nSPS) is 13.3. The minimum absolute atomic E-state index is 0.463. The van der Waals surface area contributed by atoms with Crippen molar-refractivity contribution >= 4 is 8.58 Å². The molecule has 1 rings (SSSR count). The maximum Gasteiger partial charge on any atom is 0.0720 e. The van der Waals surface area contributed by atoms with Gasteiger partial charge in [-0.15, -0.1) is 8.58 Å². The average molecular weight is 252 g/mol. The third-order valence-corrected chi connectivity index (χ3v) is 4.34. The first-order chi connectivity index (χ1) is 8.36. The lowest BCUT2D eigenvalue weighted by atomic mass is 10.2. The molecule has 0 aliphatic carbocycles. The maximum atomic E-state index is 6.02. The number of hydrogen-bond donors (Lipinski definition) is 0. The minimum Gasteiger partial charge on any atom is -0.373 e. The fourth-order valence-corrected chi connectivity index (χ4v) is 3.00. The van der Waals surface area contributed by atoms with Crippen molar-refractivity contribution in [2.75, 3.05) is 12.3 Å². The van der Waals surface area contributed by atoms with Crippen molar-refractivity contribution < 1.29 is 4.74 Å². The van der Waals surface area contributed by atoms with Gasteiger partial charge in [0, 0.05) is 0 Å². The second kappa shape index (κ2) is 9.62. The molecule has 1 nitrogen and oxygen atoms in total. The van der Waals surface area contributed by atoms with E-state index in [0.717, 1.165) is 15.2 Å². The van der Waals surface area contributed by atoms with E-state index in [-0.39, 0.29) is 0 Å². The van der Waals surface area contributed by atoms with Crippen LogP contribution >= 0.6 is 8.58 Å². The van der Waals surface area contributed by atoms with E-state index >= 15 is 0 Å². The van der Waals surface area contributed by atoms with E-state index in [4.69, 9.17) is 4.74 Å². The standard InChI is InChI=1S/C15H25OP/c1-3-8-15(13-17-11-4-2)16-12-14-9-6-5-7-10-14/h5-7,9-10,15,17H,3-4,8,11-13H2,1-2H3/t15-/m1/s1. The lowest BCUT2D eigenvalue weighted by molar-refractivity contribution is 0.0499. The lowest BCUT2D eigenvalue weighted by Crippen LogP contribution is -2.15. The number of hydrogen-bond acceptors (Lipinski definition) is 1. The molecule has 2 atom stereocenters. The molecule has 2 heteroatoms. The summed E-state index contributed by atoms with van der Waals surface area (Å²) in [5.41, 5.74) is 1.28. The summed E-state index contributed by atoms with van der Waals surface area (Å²) in [6.07, 6.45) is 6.78. The Morgan fingerprint density at radius 2 is 1.88 bits per heavy atom. The smallest absolute Gasteiger partial charge is 0.0720 e. The largest absolute Gasteiger partial charge is 0.373 e. The molecule has 0 saturated carbocycles. The quantitative estimate of drug-likeness (QED) is 0.465. The first-order valence-corrected chi connectivity index (χ1v) is 8.14. The molecule has 0 aromatic heterocycles. The van der Waals surface area contributed by atoms with Crippen LogP contribution in [0.15, 0.2) is 30.3 Å². The Hall–Kier alpha value is -0.390. The third kappa shape index (κ3) is 6.81. The molecule has 0 fully saturated rings. The van der Waals surface area contributed by atoms with E-state index in [9.17, 15) is 0 Å². The van der Waals surface area contributed by atoms with E-state index in [0.29, 0.717) is 6.10 Å². The first kappa shape index (κ1) is 14.7. The lowest BCUT2D eigenvalue weighted by Gasteiger charge is -2.17. The Bertz CT molecular complexity index is 274. The van der Waals surface area contributed by atoms with Crippen LogP contribution in [-0.4, -0.2) is 18.4 Å². The van der Waals surface area contributed by atoms with Gasteiger partial charge in [-0.1, -0.05) is 57.0 Å². The van der Waals surface area contributed by atoms with E-state index in [1.54, 1.807) is 0 Å². The second-order valence-electron chi connectivity index (χ2n) is 4.41. The van der Waals surface area contributed by atoms with E-state index in [1.165, 1.54) is 37.1 Å². The van der Waals surface area contributed by atoms with E-state index in [2.05, 4.69) is 44.2 Å². The van der Waals surface area contributed by atoms with E-state index in [1.807, 2.05) is 0 Å². The molecule has 17 heavy (non-hydrogen) atoms. The predicted molar refractivity (Wildman–Crippen MR) is 78.3 cm³/mol. The van der Waals surface area contributed by atoms with Crippen molar-refractivity contribution in [2.24, 2.45) is 0 Å². The monoisotopic (exact) mass is 252 g/mol. The highest BCUT2D eigenvalue weighted by Gasteiger charge is 2.07. The van der Waals surface area contributed by atoms with Crippen molar-refractivity contribution in [3.05, 3.63) is 35.9 Å². The zero-order valence-corrected chi connectivity index (χ0v) is 12.1. The van der Waals surface area contributed by atoms with Gasteiger partial charge in [-0.05, 0) is 24.3 Å². The predicted octanol–water partition coefficient (Wildman–Crippen LogP) is 4.46. The molecule has 0 aliphatic rings. The molecule has 1 unspecified atom stereocenters. The molecule has 0 amide bonds. The van der Waals surface area contributed by atoms with Gasteiger partial charge in [-0.3, -0.25) is 0 Å². The van der Waals surface area contributed by atoms with Crippen molar-refractivity contribution in [3.8, 4) is 0 Å². The van der Waals surface area contributed by atoms with Crippen LogP contribution < -0.4 is 0 Å². The van der Waals surface area contributed by atoms with Gasteiger partial charge in [-0.25, -0.2) is 0 Å². The molecular formula is C15H25OP. The van der Waals surface area contributed by atoms with Crippen LogP contribution in [0.2, 0.25) is 0 Å². The van der Waals surface area contributed by atoms with Crippen LogP contribution in [0.4, 0.5) is 0 Å². The minimum atomic E-state index is 0.463.